The van der Waals surface area contributed by atoms with Crippen LogP contribution in [0.4, 0.5) is 0 Å². The second kappa shape index (κ2) is 3.75. The van der Waals surface area contributed by atoms with Crippen molar-refractivity contribution in [2.45, 2.75) is 33.1 Å². The molecule has 1 aliphatic heterocycles. The van der Waals surface area contributed by atoms with Crippen molar-refractivity contribution in [1.82, 2.24) is 4.90 Å². The Morgan fingerprint density at radius 1 is 1.44 bits per heavy atom. The van der Waals surface area contributed by atoms with Crippen molar-refractivity contribution >= 4 is 11.9 Å². The van der Waals surface area contributed by atoms with Crippen molar-refractivity contribution in [2.75, 3.05) is 13.1 Å². The van der Waals surface area contributed by atoms with Crippen LogP contribution >= 0.6 is 0 Å². The summed E-state index contributed by atoms with van der Waals surface area (Å²) in [5.41, 5.74) is 0.239. The molecule has 0 aromatic rings. The summed E-state index contributed by atoms with van der Waals surface area (Å²) in [6.45, 7) is 5.93. The molecule has 3 atom stereocenters. The number of hydrogen-bond donors (Lipinski definition) is 1. The van der Waals surface area contributed by atoms with Gasteiger partial charge in [-0.15, -0.1) is 0 Å². The Morgan fingerprint density at radius 2 is 2.12 bits per heavy atom. The predicted octanol–water partition coefficient (Wildman–Crippen LogP) is 1.36. The van der Waals surface area contributed by atoms with Crippen molar-refractivity contribution < 1.29 is 14.7 Å². The number of likely N-dealkylation sites (tertiary alicyclic amines) is 1. The zero-order chi connectivity index (χ0) is 11.9. The molecule has 2 fully saturated rings. The SMILES string of the molecule is CCC1(C)CCN(C(=O)C2CC2C(=O)O)C1. The number of hydrogen-bond acceptors (Lipinski definition) is 2. The fraction of sp³-hybridized carbons (Fsp3) is 0.833. The molecule has 4 nitrogen and oxygen atoms in total. The fourth-order valence-electron chi connectivity index (χ4n) is 2.48. The Morgan fingerprint density at radius 3 is 2.56 bits per heavy atom. The molecule has 0 radical (unpaired) electrons. The van der Waals surface area contributed by atoms with Gasteiger partial charge in [0.05, 0.1) is 11.8 Å². The summed E-state index contributed by atoms with van der Waals surface area (Å²) >= 11 is 0. The number of nitrogens with zero attached hydrogens (tertiary/aromatic N) is 1. The van der Waals surface area contributed by atoms with Crippen molar-refractivity contribution in [3.8, 4) is 0 Å². The first-order valence-electron chi connectivity index (χ1n) is 5.98. The van der Waals surface area contributed by atoms with Gasteiger partial charge in [0, 0.05) is 13.1 Å². The summed E-state index contributed by atoms with van der Waals surface area (Å²) in [7, 11) is 0. The molecular formula is C12H19NO3. The molecule has 0 aromatic heterocycles. The standard InChI is InChI=1S/C12H19NO3/c1-3-12(2)4-5-13(7-12)10(14)8-6-9(8)11(15)16/h8-9H,3-7H2,1-2H3,(H,15,16). The highest BCUT2D eigenvalue weighted by atomic mass is 16.4. The summed E-state index contributed by atoms with van der Waals surface area (Å²) in [6, 6.07) is 0. The minimum absolute atomic E-state index is 0.0598. The highest BCUT2D eigenvalue weighted by Crippen LogP contribution is 2.42. The maximum absolute atomic E-state index is 12.0. The molecule has 1 N–H and O–H groups in total. The summed E-state index contributed by atoms with van der Waals surface area (Å²) in [5.74, 6) is -1.42. The normalized spacial score (nSPS) is 37.5. The van der Waals surface area contributed by atoms with Crippen LogP contribution in [0.3, 0.4) is 0 Å². The smallest absolute Gasteiger partial charge is 0.307 e. The number of carbonyl (C=O) groups is 2. The maximum atomic E-state index is 12.0. The average molecular weight is 225 g/mol. The first-order chi connectivity index (χ1) is 7.47. The third-order valence-corrected chi connectivity index (χ3v) is 4.15. The third-order valence-electron chi connectivity index (χ3n) is 4.15. The van der Waals surface area contributed by atoms with Gasteiger partial charge in [-0.05, 0) is 24.7 Å². The molecule has 4 heteroatoms. The van der Waals surface area contributed by atoms with Gasteiger partial charge < -0.3 is 10.0 Å². The van der Waals surface area contributed by atoms with E-state index >= 15 is 0 Å². The van der Waals surface area contributed by atoms with E-state index in [1.54, 1.807) is 0 Å². The Kier molecular flexibility index (Phi) is 2.68. The van der Waals surface area contributed by atoms with Crippen LogP contribution in [0.1, 0.15) is 33.1 Å². The van der Waals surface area contributed by atoms with E-state index in [4.69, 9.17) is 5.11 Å². The highest BCUT2D eigenvalue weighted by Gasteiger charge is 2.51. The number of carboxylic acid groups (broad SMARTS) is 1. The van der Waals surface area contributed by atoms with Crippen LogP contribution in [0.5, 0.6) is 0 Å². The van der Waals surface area contributed by atoms with E-state index in [1.165, 1.54) is 0 Å². The highest BCUT2D eigenvalue weighted by molar-refractivity contribution is 5.89. The van der Waals surface area contributed by atoms with E-state index < -0.39 is 11.9 Å². The van der Waals surface area contributed by atoms with Crippen molar-refractivity contribution in [1.29, 1.82) is 0 Å². The van der Waals surface area contributed by atoms with E-state index in [-0.39, 0.29) is 17.2 Å². The summed E-state index contributed by atoms with van der Waals surface area (Å²) in [4.78, 5) is 24.6. The second-order valence-electron chi connectivity index (χ2n) is 5.46. The van der Waals surface area contributed by atoms with Gasteiger partial charge in [-0.3, -0.25) is 9.59 Å². The summed E-state index contributed by atoms with van der Waals surface area (Å²) in [5, 5.41) is 8.79. The Balaban J connectivity index is 1.91. The van der Waals surface area contributed by atoms with Crippen LogP contribution in [0.15, 0.2) is 0 Å². The predicted molar refractivity (Wildman–Crippen MR) is 58.8 cm³/mol. The lowest BCUT2D eigenvalue weighted by Gasteiger charge is -2.22. The number of rotatable bonds is 3. The van der Waals surface area contributed by atoms with Crippen LogP contribution in [0, 0.1) is 17.3 Å². The second-order valence-corrected chi connectivity index (χ2v) is 5.46. The maximum Gasteiger partial charge on any atom is 0.307 e. The number of amides is 1. The lowest BCUT2D eigenvalue weighted by molar-refractivity contribution is -0.141. The van der Waals surface area contributed by atoms with Gasteiger partial charge in [0.2, 0.25) is 5.91 Å². The molecule has 1 aliphatic carbocycles. The monoisotopic (exact) mass is 225 g/mol. The minimum atomic E-state index is -0.823. The topological polar surface area (TPSA) is 57.6 Å². The molecule has 2 aliphatic rings. The summed E-state index contributed by atoms with van der Waals surface area (Å²) < 4.78 is 0. The van der Waals surface area contributed by atoms with E-state index in [1.807, 2.05) is 4.90 Å². The van der Waals surface area contributed by atoms with Crippen molar-refractivity contribution in [2.24, 2.45) is 17.3 Å². The Hall–Kier alpha value is -1.06. The van der Waals surface area contributed by atoms with Gasteiger partial charge in [-0.1, -0.05) is 13.8 Å². The molecule has 1 heterocycles. The first kappa shape index (κ1) is 11.4. The van der Waals surface area contributed by atoms with E-state index in [0.717, 1.165) is 25.9 Å². The van der Waals surface area contributed by atoms with Gasteiger partial charge in [0.25, 0.3) is 0 Å². The quantitative estimate of drug-likeness (QED) is 0.789. The van der Waals surface area contributed by atoms with Crippen molar-refractivity contribution in [3.63, 3.8) is 0 Å². The Labute approximate surface area is 95.6 Å². The molecule has 2 rings (SSSR count). The van der Waals surface area contributed by atoms with Crippen LogP contribution in [-0.4, -0.2) is 35.0 Å². The molecule has 1 saturated carbocycles. The lowest BCUT2D eigenvalue weighted by Crippen LogP contribution is -2.32. The van der Waals surface area contributed by atoms with Crippen molar-refractivity contribution in [3.05, 3.63) is 0 Å². The zero-order valence-corrected chi connectivity index (χ0v) is 9.90. The average Bonchev–Trinajstić information content (AvgIpc) is 2.96. The third kappa shape index (κ3) is 1.93. The number of carbonyl (C=O) groups excluding carboxylic acids is 1. The first-order valence-corrected chi connectivity index (χ1v) is 5.98. The zero-order valence-electron chi connectivity index (χ0n) is 9.90. The molecule has 3 unspecified atom stereocenters. The van der Waals surface area contributed by atoms with Gasteiger partial charge in [-0.2, -0.15) is 0 Å². The van der Waals surface area contributed by atoms with Gasteiger partial charge >= 0.3 is 5.97 Å². The van der Waals surface area contributed by atoms with E-state index in [2.05, 4.69) is 13.8 Å². The van der Waals surface area contributed by atoms with Crippen LogP contribution in [0.2, 0.25) is 0 Å². The largest absolute Gasteiger partial charge is 0.481 e. The molecular weight excluding hydrogens is 206 g/mol. The van der Waals surface area contributed by atoms with Crippen LogP contribution in [-0.2, 0) is 9.59 Å². The van der Waals surface area contributed by atoms with Crippen LogP contribution in [0.25, 0.3) is 0 Å². The molecule has 90 valence electrons. The lowest BCUT2D eigenvalue weighted by atomic mass is 9.87. The Bertz CT molecular complexity index is 328. The van der Waals surface area contributed by atoms with Crippen LogP contribution < -0.4 is 0 Å². The number of carboxylic acids is 1. The van der Waals surface area contributed by atoms with E-state index in [0.29, 0.717) is 6.42 Å². The number of aliphatic carboxylic acids is 1. The van der Waals surface area contributed by atoms with Gasteiger partial charge in [0.15, 0.2) is 0 Å². The van der Waals surface area contributed by atoms with Gasteiger partial charge in [-0.25, -0.2) is 0 Å². The molecule has 0 aromatic carbocycles. The molecule has 1 saturated heterocycles. The van der Waals surface area contributed by atoms with Gasteiger partial charge in [0.1, 0.15) is 0 Å². The molecule has 0 bridgehead atoms. The minimum Gasteiger partial charge on any atom is -0.481 e. The molecule has 0 spiro atoms. The van der Waals surface area contributed by atoms with E-state index in [9.17, 15) is 9.59 Å². The summed E-state index contributed by atoms with van der Waals surface area (Å²) in [6.07, 6.45) is 2.65. The molecule has 16 heavy (non-hydrogen) atoms. The fourth-order valence-corrected chi connectivity index (χ4v) is 2.48. The molecule has 1 amide bonds.